The van der Waals surface area contributed by atoms with Crippen molar-refractivity contribution in [3.63, 3.8) is 0 Å². The summed E-state index contributed by atoms with van der Waals surface area (Å²) >= 11 is 0. The molecule has 0 aliphatic carbocycles. The average Bonchev–Trinajstić information content (AvgIpc) is 2.27. The fourth-order valence-electron chi connectivity index (χ4n) is 1.74. The summed E-state index contributed by atoms with van der Waals surface area (Å²) in [4.78, 5) is 17.9. The number of anilines is 3. The lowest BCUT2D eigenvalue weighted by molar-refractivity contribution is 0.0214. The van der Waals surface area contributed by atoms with Gasteiger partial charge in [0.1, 0.15) is 11.8 Å². The minimum Gasteiger partial charge on any atom is -0.391 e. The SMILES string of the molecule is CC(O)C(O)[C@@H]1CNc2nc(N)[nH]c(=O)c2N1. The van der Waals surface area contributed by atoms with Crippen LogP contribution >= 0.6 is 0 Å². The van der Waals surface area contributed by atoms with Gasteiger partial charge in [0.15, 0.2) is 5.82 Å². The Hall–Kier alpha value is -1.80. The molecule has 2 rings (SSSR count). The van der Waals surface area contributed by atoms with Crippen LogP contribution < -0.4 is 21.9 Å². The first kappa shape index (κ1) is 11.7. The number of H-pyrrole nitrogens is 1. The predicted molar refractivity (Wildman–Crippen MR) is 62.9 cm³/mol. The van der Waals surface area contributed by atoms with E-state index in [2.05, 4.69) is 20.6 Å². The number of nitrogen functional groups attached to an aromatic ring is 1. The summed E-state index contributed by atoms with van der Waals surface area (Å²) in [5, 5.41) is 24.7. The summed E-state index contributed by atoms with van der Waals surface area (Å²) in [5.41, 5.74) is 5.20. The summed E-state index contributed by atoms with van der Waals surface area (Å²) in [6, 6.07) is -0.464. The normalized spacial score (nSPS) is 21.9. The summed E-state index contributed by atoms with van der Waals surface area (Å²) in [6.07, 6.45) is -1.87. The van der Waals surface area contributed by atoms with Crippen LogP contribution in [-0.4, -0.2) is 45.0 Å². The van der Waals surface area contributed by atoms with E-state index in [1.54, 1.807) is 0 Å². The second-order valence-electron chi connectivity index (χ2n) is 4.04. The molecule has 94 valence electrons. The molecule has 0 radical (unpaired) electrons. The van der Waals surface area contributed by atoms with Crippen molar-refractivity contribution in [1.29, 1.82) is 0 Å². The molecule has 3 atom stereocenters. The van der Waals surface area contributed by atoms with Gasteiger partial charge in [-0.3, -0.25) is 9.78 Å². The van der Waals surface area contributed by atoms with Crippen LogP contribution in [0, 0.1) is 0 Å². The number of hydrogen-bond donors (Lipinski definition) is 6. The number of aromatic nitrogens is 2. The lowest BCUT2D eigenvalue weighted by Gasteiger charge is -2.31. The van der Waals surface area contributed by atoms with Crippen molar-refractivity contribution in [1.82, 2.24) is 9.97 Å². The minimum atomic E-state index is -0.979. The molecule has 8 nitrogen and oxygen atoms in total. The Labute approximate surface area is 96.9 Å². The fourth-order valence-corrected chi connectivity index (χ4v) is 1.74. The van der Waals surface area contributed by atoms with Gasteiger partial charge in [-0.25, -0.2) is 0 Å². The van der Waals surface area contributed by atoms with E-state index in [1.807, 2.05) is 0 Å². The number of aliphatic hydroxyl groups excluding tert-OH is 2. The van der Waals surface area contributed by atoms with Crippen molar-refractivity contribution in [2.45, 2.75) is 25.2 Å². The molecule has 1 aromatic rings. The summed E-state index contributed by atoms with van der Waals surface area (Å²) < 4.78 is 0. The number of aromatic amines is 1. The van der Waals surface area contributed by atoms with Gasteiger partial charge in [0, 0.05) is 6.54 Å². The van der Waals surface area contributed by atoms with Gasteiger partial charge < -0.3 is 26.6 Å². The van der Waals surface area contributed by atoms with Gasteiger partial charge in [0.25, 0.3) is 5.56 Å². The second kappa shape index (κ2) is 4.22. The smallest absolute Gasteiger partial charge is 0.277 e. The molecule has 2 heterocycles. The quantitative estimate of drug-likeness (QED) is 0.363. The molecule has 1 aliphatic heterocycles. The maximum Gasteiger partial charge on any atom is 0.277 e. The molecule has 2 unspecified atom stereocenters. The summed E-state index contributed by atoms with van der Waals surface area (Å²) in [7, 11) is 0. The zero-order chi connectivity index (χ0) is 12.6. The van der Waals surface area contributed by atoms with E-state index < -0.39 is 23.8 Å². The molecule has 0 saturated heterocycles. The number of hydrogen-bond acceptors (Lipinski definition) is 7. The molecule has 7 N–H and O–H groups in total. The van der Waals surface area contributed by atoms with E-state index in [-0.39, 0.29) is 11.6 Å². The monoisotopic (exact) mass is 241 g/mol. The van der Waals surface area contributed by atoms with Crippen LogP contribution in [0.3, 0.4) is 0 Å². The molecule has 1 aromatic heterocycles. The Kier molecular flexibility index (Phi) is 2.90. The van der Waals surface area contributed by atoms with Crippen LogP contribution in [0.2, 0.25) is 0 Å². The largest absolute Gasteiger partial charge is 0.391 e. The van der Waals surface area contributed by atoms with Gasteiger partial charge in [0.2, 0.25) is 5.95 Å². The van der Waals surface area contributed by atoms with E-state index in [0.717, 1.165) is 0 Å². The highest BCUT2D eigenvalue weighted by molar-refractivity contribution is 5.67. The van der Waals surface area contributed by atoms with Gasteiger partial charge in [-0.1, -0.05) is 0 Å². The zero-order valence-corrected chi connectivity index (χ0v) is 9.27. The molecule has 17 heavy (non-hydrogen) atoms. The van der Waals surface area contributed by atoms with Crippen LogP contribution in [-0.2, 0) is 0 Å². The Bertz CT molecular complexity index is 472. The molecule has 0 amide bonds. The highest BCUT2D eigenvalue weighted by atomic mass is 16.3. The maximum atomic E-state index is 11.6. The molecule has 0 fully saturated rings. The van der Waals surface area contributed by atoms with Gasteiger partial charge in [-0.05, 0) is 6.92 Å². The van der Waals surface area contributed by atoms with Crippen molar-refractivity contribution >= 4 is 17.5 Å². The fraction of sp³-hybridized carbons (Fsp3) is 0.556. The van der Waals surface area contributed by atoms with Crippen LogP contribution in [0.4, 0.5) is 17.5 Å². The van der Waals surface area contributed by atoms with Gasteiger partial charge in [-0.15, -0.1) is 0 Å². The molecule has 8 heteroatoms. The number of rotatable bonds is 2. The van der Waals surface area contributed by atoms with Crippen LogP contribution in [0.15, 0.2) is 4.79 Å². The summed E-state index contributed by atoms with van der Waals surface area (Å²) in [6.45, 7) is 1.82. The number of fused-ring (bicyclic) bond motifs is 1. The number of nitrogens with two attached hydrogens (primary N) is 1. The first-order valence-corrected chi connectivity index (χ1v) is 5.25. The molecule has 0 saturated carbocycles. The van der Waals surface area contributed by atoms with Crippen molar-refractivity contribution < 1.29 is 10.2 Å². The van der Waals surface area contributed by atoms with Gasteiger partial charge in [-0.2, -0.15) is 4.98 Å². The molecular formula is C9H15N5O3. The topological polar surface area (TPSA) is 136 Å². The number of nitrogens with one attached hydrogen (secondary N) is 3. The third-order valence-corrected chi connectivity index (χ3v) is 2.66. The number of aliphatic hydroxyl groups is 2. The van der Waals surface area contributed by atoms with Crippen molar-refractivity contribution in [3.8, 4) is 0 Å². The zero-order valence-electron chi connectivity index (χ0n) is 9.27. The van der Waals surface area contributed by atoms with Crippen molar-refractivity contribution in [2.75, 3.05) is 22.9 Å². The molecule has 0 spiro atoms. The van der Waals surface area contributed by atoms with E-state index in [1.165, 1.54) is 6.92 Å². The Morgan fingerprint density at radius 1 is 1.53 bits per heavy atom. The lowest BCUT2D eigenvalue weighted by atomic mass is 10.0. The Morgan fingerprint density at radius 2 is 2.24 bits per heavy atom. The maximum absolute atomic E-state index is 11.6. The van der Waals surface area contributed by atoms with Crippen LogP contribution in [0.5, 0.6) is 0 Å². The first-order chi connectivity index (χ1) is 7.99. The highest BCUT2D eigenvalue weighted by Crippen LogP contribution is 2.21. The van der Waals surface area contributed by atoms with E-state index in [4.69, 9.17) is 5.73 Å². The van der Waals surface area contributed by atoms with Crippen molar-refractivity contribution in [3.05, 3.63) is 10.4 Å². The molecule has 1 aliphatic rings. The third kappa shape index (κ3) is 2.17. The van der Waals surface area contributed by atoms with E-state index >= 15 is 0 Å². The van der Waals surface area contributed by atoms with Gasteiger partial charge in [0.05, 0.1) is 12.1 Å². The second-order valence-corrected chi connectivity index (χ2v) is 4.04. The van der Waals surface area contributed by atoms with Gasteiger partial charge >= 0.3 is 0 Å². The Morgan fingerprint density at radius 3 is 2.88 bits per heavy atom. The standard InChI is InChI=1S/C9H15N5O3/c1-3(15)6(16)4-2-11-7-5(12-4)8(17)14-9(10)13-7/h3-4,6,12,15-16H,2H2,1H3,(H4,10,11,13,14,17)/t3?,4-,6?/m0/s1. The van der Waals surface area contributed by atoms with Crippen LogP contribution in [0.1, 0.15) is 6.92 Å². The minimum absolute atomic E-state index is 0.0255. The average molecular weight is 241 g/mol. The summed E-state index contributed by atoms with van der Waals surface area (Å²) in [5.74, 6) is 0.373. The van der Waals surface area contributed by atoms with Crippen LogP contribution in [0.25, 0.3) is 0 Å². The number of nitrogens with zero attached hydrogens (tertiary/aromatic N) is 1. The predicted octanol–water partition coefficient (Wildman–Crippen LogP) is -1.70. The van der Waals surface area contributed by atoms with E-state index in [9.17, 15) is 15.0 Å². The molecule has 0 aromatic carbocycles. The highest BCUT2D eigenvalue weighted by Gasteiger charge is 2.29. The van der Waals surface area contributed by atoms with Crippen molar-refractivity contribution in [2.24, 2.45) is 0 Å². The first-order valence-electron chi connectivity index (χ1n) is 5.25. The Balaban J connectivity index is 2.27. The van der Waals surface area contributed by atoms with E-state index in [0.29, 0.717) is 12.4 Å². The third-order valence-electron chi connectivity index (χ3n) is 2.66. The lowest BCUT2D eigenvalue weighted by Crippen LogP contribution is -2.48. The molecular weight excluding hydrogens is 226 g/mol. The molecule has 0 bridgehead atoms.